The van der Waals surface area contributed by atoms with Crippen molar-refractivity contribution in [3.05, 3.63) is 63.7 Å². The summed E-state index contributed by atoms with van der Waals surface area (Å²) in [5.41, 5.74) is 1.85. The Bertz CT molecular complexity index is 952. The average Bonchev–Trinajstić information content (AvgIpc) is 2.50. The standard InChI is InChI=1S/C19H14O5/c1-9-14-12(8-13-15(9)18(22)24-19(2,3)23-13)16(20)10-6-4-5-7-11(10)17(14)21/h4-8H,1-3H3. The van der Waals surface area contributed by atoms with E-state index in [9.17, 15) is 14.4 Å². The fourth-order valence-electron chi connectivity index (χ4n) is 3.31. The molecule has 0 radical (unpaired) electrons. The molecule has 0 fully saturated rings. The number of cyclic esters (lactones) is 1. The summed E-state index contributed by atoms with van der Waals surface area (Å²) in [5, 5.41) is 0. The van der Waals surface area contributed by atoms with Gasteiger partial charge in [-0.25, -0.2) is 4.79 Å². The minimum Gasteiger partial charge on any atom is -0.452 e. The van der Waals surface area contributed by atoms with E-state index in [1.54, 1.807) is 45.0 Å². The Kier molecular flexibility index (Phi) is 2.77. The number of fused-ring (bicyclic) bond motifs is 3. The molecule has 0 unspecified atom stereocenters. The summed E-state index contributed by atoms with van der Waals surface area (Å²) in [6.45, 7) is 4.87. The van der Waals surface area contributed by atoms with Crippen LogP contribution in [0, 0.1) is 6.92 Å². The maximum atomic E-state index is 12.8. The Morgan fingerprint density at radius 3 is 2.12 bits per heavy atom. The van der Waals surface area contributed by atoms with Crippen molar-refractivity contribution in [2.75, 3.05) is 0 Å². The van der Waals surface area contributed by atoms with Gasteiger partial charge in [0.25, 0.3) is 0 Å². The highest BCUT2D eigenvalue weighted by atomic mass is 16.7. The fraction of sp³-hybridized carbons (Fsp3) is 0.211. The molecule has 0 bridgehead atoms. The maximum Gasteiger partial charge on any atom is 0.345 e. The van der Waals surface area contributed by atoms with Gasteiger partial charge in [0.15, 0.2) is 11.6 Å². The van der Waals surface area contributed by atoms with Crippen molar-refractivity contribution < 1.29 is 23.9 Å². The molecule has 0 N–H and O–H groups in total. The lowest BCUT2D eigenvalue weighted by atomic mass is 9.80. The average molecular weight is 322 g/mol. The van der Waals surface area contributed by atoms with E-state index in [0.29, 0.717) is 16.7 Å². The van der Waals surface area contributed by atoms with Gasteiger partial charge in [-0.05, 0) is 18.6 Å². The number of carbonyl (C=O) groups is 3. The van der Waals surface area contributed by atoms with E-state index in [1.807, 2.05) is 0 Å². The Morgan fingerprint density at radius 1 is 0.833 bits per heavy atom. The van der Waals surface area contributed by atoms with Gasteiger partial charge < -0.3 is 9.47 Å². The van der Waals surface area contributed by atoms with Crippen LogP contribution in [0.1, 0.15) is 61.6 Å². The smallest absolute Gasteiger partial charge is 0.345 e. The van der Waals surface area contributed by atoms with Gasteiger partial charge in [0, 0.05) is 36.1 Å². The van der Waals surface area contributed by atoms with Gasteiger partial charge in [-0.2, -0.15) is 0 Å². The minimum atomic E-state index is -1.12. The molecule has 0 spiro atoms. The maximum absolute atomic E-state index is 12.8. The van der Waals surface area contributed by atoms with Crippen molar-refractivity contribution in [2.24, 2.45) is 0 Å². The topological polar surface area (TPSA) is 69.7 Å². The largest absolute Gasteiger partial charge is 0.452 e. The molecule has 2 aliphatic rings. The van der Waals surface area contributed by atoms with Gasteiger partial charge in [-0.15, -0.1) is 0 Å². The molecule has 5 nitrogen and oxygen atoms in total. The summed E-state index contributed by atoms with van der Waals surface area (Å²) in [6, 6.07) is 8.16. The van der Waals surface area contributed by atoms with Gasteiger partial charge >= 0.3 is 5.97 Å². The van der Waals surface area contributed by atoms with Crippen LogP contribution in [-0.2, 0) is 4.74 Å². The number of esters is 1. The van der Waals surface area contributed by atoms with Crippen LogP contribution in [0.5, 0.6) is 5.75 Å². The van der Waals surface area contributed by atoms with Gasteiger partial charge in [0.1, 0.15) is 11.3 Å². The molecular formula is C19H14O5. The van der Waals surface area contributed by atoms with Crippen molar-refractivity contribution in [3.63, 3.8) is 0 Å². The highest BCUT2D eigenvalue weighted by Crippen LogP contribution is 2.39. The summed E-state index contributed by atoms with van der Waals surface area (Å²) in [6.07, 6.45) is 0. The van der Waals surface area contributed by atoms with E-state index in [-0.39, 0.29) is 34.0 Å². The van der Waals surface area contributed by atoms with Crippen molar-refractivity contribution in [2.45, 2.75) is 26.6 Å². The zero-order valence-corrected chi connectivity index (χ0v) is 13.4. The molecule has 1 aliphatic carbocycles. The van der Waals surface area contributed by atoms with Crippen LogP contribution < -0.4 is 4.74 Å². The molecule has 2 aromatic rings. The second-order valence-electron chi connectivity index (χ2n) is 6.39. The summed E-state index contributed by atoms with van der Waals surface area (Å²) in [5.74, 6) is -1.91. The molecule has 1 aliphatic heterocycles. The Morgan fingerprint density at radius 2 is 1.46 bits per heavy atom. The Labute approximate surface area is 138 Å². The highest BCUT2D eigenvalue weighted by Gasteiger charge is 2.40. The zero-order chi connectivity index (χ0) is 17.2. The first-order chi connectivity index (χ1) is 11.3. The summed E-state index contributed by atoms with van der Waals surface area (Å²) in [7, 11) is 0. The molecule has 0 amide bonds. The molecular weight excluding hydrogens is 308 g/mol. The molecule has 2 aromatic carbocycles. The molecule has 0 aromatic heterocycles. The van der Waals surface area contributed by atoms with Gasteiger partial charge in [-0.3, -0.25) is 9.59 Å². The number of rotatable bonds is 0. The molecule has 4 rings (SSSR count). The number of ketones is 2. The molecule has 5 heteroatoms. The summed E-state index contributed by atoms with van der Waals surface area (Å²) < 4.78 is 10.9. The molecule has 0 atom stereocenters. The highest BCUT2D eigenvalue weighted by molar-refractivity contribution is 6.29. The van der Waals surface area contributed by atoms with Crippen LogP contribution in [0.4, 0.5) is 0 Å². The van der Waals surface area contributed by atoms with E-state index >= 15 is 0 Å². The molecule has 1 heterocycles. The predicted molar refractivity (Wildman–Crippen MR) is 84.6 cm³/mol. The van der Waals surface area contributed by atoms with Crippen LogP contribution >= 0.6 is 0 Å². The third kappa shape index (κ3) is 1.84. The lowest BCUT2D eigenvalue weighted by molar-refractivity contribution is -0.127. The number of hydrogen-bond acceptors (Lipinski definition) is 5. The minimum absolute atomic E-state index is 0.202. The summed E-state index contributed by atoms with van der Waals surface area (Å²) >= 11 is 0. The Balaban J connectivity index is 2.02. The van der Waals surface area contributed by atoms with Crippen LogP contribution in [0.2, 0.25) is 0 Å². The third-order valence-electron chi connectivity index (χ3n) is 4.33. The molecule has 24 heavy (non-hydrogen) atoms. The first-order valence-corrected chi connectivity index (χ1v) is 7.58. The lowest BCUT2D eigenvalue weighted by Crippen LogP contribution is -2.40. The van der Waals surface area contributed by atoms with E-state index in [1.165, 1.54) is 6.07 Å². The Hall–Kier alpha value is -2.95. The van der Waals surface area contributed by atoms with Crippen molar-refractivity contribution in [1.82, 2.24) is 0 Å². The number of benzene rings is 2. The summed E-state index contributed by atoms with van der Waals surface area (Å²) in [4.78, 5) is 38.0. The fourth-order valence-corrected chi connectivity index (χ4v) is 3.31. The molecule has 120 valence electrons. The van der Waals surface area contributed by atoms with Gasteiger partial charge in [-0.1, -0.05) is 24.3 Å². The van der Waals surface area contributed by atoms with Crippen molar-refractivity contribution >= 4 is 17.5 Å². The quantitative estimate of drug-likeness (QED) is 0.595. The third-order valence-corrected chi connectivity index (χ3v) is 4.33. The van der Waals surface area contributed by atoms with Gasteiger partial charge in [0.05, 0.1) is 0 Å². The van der Waals surface area contributed by atoms with E-state index in [2.05, 4.69) is 0 Å². The second kappa shape index (κ2) is 4.54. The van der Waals surface area contributed by atoms with Crippen LogP contribution in [0.15, 0.2) is 30.3 Å². The SMILES string of the molecule is Cc1c2c(cc3c1C(=O)c1ccccc1C3=O)OC(C)(C)OC2=O. The van der Waals surface area contributed by atoms with Crippen LogP contribution in [-0.4, -0.2) is 23.3 Å². The van der Waals surface area contributed by atoms with E-state index in [0.717, 1.165) is 0 Å². The van der Waals surface area contributed by atoms with E-state index in [4.69, 9.17) is 9.47 Å². The van der Waals surface area contributed by atoms with E-state index < -0.39 is 11.8 Å². The second-order valence-corrected chi connectivity index (χ2v) is 6.39. The monoisotopic (exact) mass is 322 g/mol. The van der Waals surface area contributed by atoms with Gasteiger partial charge in [0.2, 0.25) is 5.79 Å². The lowest BCUT2D eigenvalue weighted by Gasteiger charge is -2.33. The number of carbonyl (C=O) groups excluding carboxylic acids is 3. The first-order valence-electron chi connectivity index (χ1n) is 7.58. The van der Waals surface area contributed by atoms with Crippen molar-refractivity contribution in [1.29, 1.82) is 0 Å². The predicted octanol–water partition coefficient (Wildman–Crippen LogP) is 3.06. The zero-order valence-electron chi connectivity index (χ0n) is 13.4. The molecule has 0 saturated heterocycles. The van der Waals surface area contributed by atoms with Crippen LogP contribution in [0.25, 0.3) is 0 Å². The number of hydrogen-bond donors (Lipinski definition) is 0. The van der Waals surface area contributed by atoms with Crippen molar-refractivity contribution in [3.8, 4) is 5.75 Å². The normalized spacial score (nSPS) is 17.4. The number of ether oxygens (including phenoxy) is 2. The first kappa shape index (κ1) is 14.6. The van der Waals surface area contributed by atoms with Crippen LogP contribution in [0.3, 0.4) is 0 Å². The molecule has 0 saturated carbocycles.